The first kappa shape index (κ1) is 19.7. The number of piperazine rings is 1. The number of unbranched alkanes of at least 4 members (excludes halogenated alkanes) is 1. The first-order valence-corrected chi connectivity index (χ1v) is 8.94. The Bertz CT molecular complexity index is 653. The molecule has 2 amide bonds. The van der Waals surface area contributed by atoms with E-state index < -0.39 is 0 Å². The van der Waals surface area contributed by atoms with Gasteiger partial charge in [0.15, 0.2) is 5.96 Å². The molecule has 0 bridgehead atoms. The molecule has 2 heterocycles. The smallest absolute Gasteiger partial charge is 0.246 e. The lowest BCUT2D eigenvalue weighted by Gasteiger charge is -2.35. The number of aryl methyl sites for hydroxylation is 1. The van der Waals surface area contributed by atoms with Crippen molar-refractivity contribution in [1.29, 1.82) is 0 Å². The second kappa shape index (κ2) is 9.21. The first-order valence-electron chi connectivity index (χ1n) is 8.94. The van der Waals surface area contributed by atoms with E-state index in [-0.39, 0.29) is 24.9 Å². The standard InChI is InChI=1S/C17H29N7O2/c1-5-6-7-18-17(19-11-15(25)21(2)3)23-8-9-24(16(26)13-23)14-10-20-22(4)12-14/h10,12H,5-9,11,13H2,1-4H3,(H,18,19). The summed E-state index contributed by atoms with van der Waals surface area (Å²) >= 11 is 0. The third-order valence-corrected chi connectivity index (χ3v) is 4.20. The molecule has 1 aromatic rings. The maximum absolute atomic E-state index is 12.6. The first-order chi connectivity index (χ1) is 12.4. The number of carbonyl (C=O) groups is 2. The molecule has 144 valence electrons. The zero-order valence-corrected chi connectivity index (χ0v) is 16.1. The van der Waals surface area contributed by atoms with Gasteiger partial charge >= 0.3 is 0 Å². The fraction of sp³-hybridized carbons (Fsp3) is 0.647. The predicted molar refractivity (Wildman–Crippen MR) is 101 cm³/mol. The predicted octanol–water partition coefficient (Wildman–Crippen LogP) is -0.0974. The highest BCUT2D eigenvalue weighted by molar-refractivity contribution is 5.98. The van der Waals surface area contributed by atoms with E-state index in [2.05, 4.69) is 22.3 Å². The third kappa shape index (κ3) is 5.21. The minimum Gasteiger partial charge on any atom is -0.356 e. The number of nitrogens with zero attached hydrogens (tertiary/aromatic N) is 6. The van der Waals surface area contributed by atoms with Crippen LogP contribution >= 0.6 is 0 Å². The molecule has 9 nitrogen and oxygen atoms in total. The lowest BCUT2D eigenvalue weighted by molar-refractivity contribution is -0.127. The van der Waals surface area contributed by atoms with Crippen LogP contribution in [0.2, 0.25) is 0 Å². The Hall–Kier alpha value is -2.58. The molecular weight excluding hydrogens is 334 g/mol. The molecule has 0 spiro atoms. The van der Waals surface area contributed by atoms with Gasteiger partial charge in [-0.3, -0.25) is 14.3 Å². The Kier molecular flexibility index (Phi) is 6.99. The average Bonchev–Trinajstić information content (AvgIpc) is 3.03. The summed E-state index contributed by atoms with van der Waals surface area (Å²) in [6.07, 6.45) is 5.59. The highest BCUT2D eigenvalue weighted by atomic mass is 16.2. The number of rotatable bonds is 6. The topological polar surface area (TPSA) is 86.1 Å². The van der Waals surface area contributed by atoms with Gasteiger partial charge in [0.05, 0.1) is 11.9 Å². The molecule has 0 unspecified atom stereocenters. The van der Waals surface area contributed by atoms with E-state index >= 15 is 0 Å². The van der Waals surface area contributed by atoms with Crippen LogP contribution in [0.3, 0.4) is 0 Å². The molecule has 9 heteroatoms. The summed E-state index contributed by atoms with van der Waals surface area (Å²) in [5.74, 6) is 0.543. The number of aromatic nitrogens is 2. The summed E-state index contributed by atoms with van der Waals surface area (Å²) < 4.78 is 1.68. The second-order valence-electron chi connectivity index (χ2n) is 6.55. The summed E-state index contributed by atoms with van der Waals surface area (Å²) in [4.78, 5) is 34.0. The number of guanidine groups is 1. The van der Waals surface area contributed by atoms with E-state index in [1.165, 1.54) is 4.90 Å². The Morgan fingerprint density at radius 2 is 2.15 bits per heavy atom. The van der Waals surface area contributed by atoms with Crippen LogP contribution in [-0.2, 0) is 16.6 Å². The van der Waals surface area contributed by atoms with E-state index in [1.807, 2.05) is 18.1 Å². The normalized spacial score (nSPS) is 15.4. The lowest BCUT2D eigenvalue weighted by Crippen LogP contribution is -2.55. The van der Waals surface area contributed by atoms with Gasteiger partial charge in [-0.25, -0.2) is 4.99 Å². The molecule has 26 heavy (non-hydrogen) atoms. The Labute approximate surface area is 154 Å². The van der Waals surface area contributed by atoms with Crippen LogP contribution in [-0.4, -0.2) is 84.2 Å². The van der Waals surface area contributed by atoms with Crippen molar-refractivity contribution in [3.63, 3.8) is 0 Å². The molecule has 1 aliphatic heterocycles. The van der Waals surface area contributed by atoms with Gasteiger partial charge in [-0.2, -0.15) is 5.10 Å². The molecule has 2 rings (SSSR count). The van der Waals surface area contributed by atoms with Gasteiger partial charge in [-0.05, 0) is 6.42 Å². The number of anilines is 1. The zero-order valence-electron chi connectivity index (χ0n) is 16.1. The highest BCUT2D eigenvalue weighted by Gasteiger charge is 2.27. The summed E-state index contributed by atoms with van der Waals surface area (Å²) in [5.41, 5.74) is 0.803. The number of amides is 2. The van der Waals surface area contributed by atoms with Crippen molar-refractivity contribution in [2.75, 3.05) is 51.7 Å². The van der Waals surface area contributed by atoms with E-state index in [1.54, 1.807) is 29.9 Å². The number of likely N-dealkylation sites (N-methyl/N-ethyl adjacent to an activating group) is 1. The number of hydrogen-bond acceptors (Lipinski definition) is 4. The molecule has 0 saturated carbocycles. The van der Waals surface area contributed by atoms with Crippen LogP contribution in [0.4, 0.5) is 5.69 Å². The van der Waals surface area contributed by atoms with Crippen molar-refractivity contribution < 1.29 is 9.59 Å². The monoisotopic (exact) mass is 363 g/mol. The van der Waals surface area contributed by atoms with Crippen molar-refractivity contribution in [3.05, 3.63) is 12.4 Å². The third-order valence-electron chi connectivity index (χ3n) is 4.20. The molecule has 1 N–H and O–H groups in total. The lowest BCUT2D eigenvalue weighted by atomic mass is 10.3. The van der Waals surface area contributed by atoms with Crippen molar-refractivity contribution in [2.24, 2.45) is 12.0 Å². The van der Waals surface area contributed by atoms with E-state index in [0.717, 1.165) is 25.1 Å². The number of aliphatic imine (C=N–C) groups is 1. The SMILES string of the molecule is CCCCNC(=NCC(=O)N(C)C)N1CCN(c2cnn(C)c2)C(=O)C1. The number of hydrogen-bond donors (Lipinski definition) is 1. The van der Waals surface area contributed by atoms with Crippen molar-refractivity contribution in [1.82, 2.24) is 24.9 Å². The molecule has 0 aromatic carbocycles. The van der Waals surface area contributed by atoms with Crippen molar-refractivity contribution in [3.8, 4) is 0 Å². The van der Waals surface area contributed by atoms with Crippen LogP contribution in [0.25, 0.3) is 0 Å². The van der Waals surface area contributed by atoms with Gasteiger partial charge in [0, 0.05) is 47.0 Å². The number of carbonyl (C=O) groups excluding carboxylic acids is 2. The summed E-state index contributed by atoms with van der Waals surface area (Å²) in [7, 11) is 5.24. The van der Waals surface area contributed by atoms with Gasteiger partial charge in [-0.1, -0.05) is 13.3 Å². The number of nitrogens with one attached hydrogen (secondary N) is 1. The fourth-order valence-electron chi connectivity index (χ4n) is 2.60. The van der Waals surface area contributed by atoms with Gasteiger partial charge in [-0.15, -0.1) is 0 Å². The van der Waals surface area contributed by atoms with Crippen LogP contribution in [0.5, 0.6) is 0 Å². The quantitative estimate of drug-likeness (QED) is 0.433. The molecule has 0 aliphatic carbocycles. The average molecular weight is 363 g/mol. The molecule has 0 radical (unpaired) electrons. The molecule has 1 fully saturated rings. The zero-order chi connectivity index (χ0) is 19.1. The van der Waals surface area contributed by atoms with Gasteiger partial charge in [0.1, 0.15) is 13.1 Å². The Balaban J connectivity index is 2.04. The Morgan fingerprint density at radius 3 is 2.73 bits per heavy atom. The van der Waals surface area contributed by atoms with Crippen LogP contribution < -0.4 is 10.2 Å². The maximum atomic E-state index is 12.6. The second-order valence-corrected chi connectivity index (χ2v) is 6.55. The molecule has 1 aliphatic rings. The summed E-state index contributed by atoms with van der Waals surface area (Å²) in [5, 5.41) is 7.41. The van der Waals surface area contributed by atoms with Crippen LogP contribution in [0.1, 0.15) is 19.8 Å². The van der Waals surface area contributed by atoms with Crippen molar-refractivity contribution in [2.45, 2.75) is 19.8 Å². The van der Waals surface area contributed by atoms with Crippen LogP contribution in [0, 0.1) is 0 Å². The summed E-state index contributed by atoms with van der Waals surface area (Å²) in [6, 6.07) is 0. The molecule has 0 atom stereocenters. The van der Waals surface area contributed by atoms with Gasteiger partial charge < -0.3 is 20.0 Å². The molecule has 1 saturated heterocycles. The van der Waals surface area contributed by atoms with E-state index in [0.29, 0.717) is 19.0 Å². The summed E-state index contributed by atoms with van der Waals surface area (Å²) in [6.45, 7) is 4.38. The van der Waals surface area contributed by atoms with Crippen LogP contribution in [0.15, 0.2) is 17.4 Å². The minimum absolute atomic E-state index is 0.00632. The highest BCUT2D eigenvalue weighted by Crippen LogP contribution is 2.16. The van der Waals surface area contributed by atoms with Crippen molar-refractivity contribution >= 4 is 23.5 Å². The van der Waals surface area contributed by atoms with E-state index in [4.69, 9.17) is 0 Å². The minimum atomic E-state index is -0.0693. The largest absolute Gasteiger partial charge is 0.356 e. The molecule has 1 aromatic heterocycles. The van der Waals surface area contributed by atoms with Gasteiger partial charge in [0.2, 0.25) is 11.8 Å². The maximum Gasteiger partial charge on any atom is 0.246 e. The van der Waals surface area contributed by atoms with E-state index in [9.17, 15) is 9.59 Å². The Morgan fingerprint density at radius 1 is 1.38 bits per heavy atom. The fourth-order valence-corrected chi connectivity index (χ4v) is 2.60. The van der Waals surface area contributed by atoms with Gasteiger partial charge in [0.25, 0.3) is 0 Å². The molecular formula is C17H29N7O2.